The maximum atomic E-state index is 11.6. The number of hydrogen-bond acceptors (Lipinski definition) is 5. The molecule has 4 rings (SSSR count). The zero-order chi connectivity index (χ0) is 27.9. The highest BCUT2D eigenvalue weighted by atomic mass is 35.6. The Morgan fingerprint density at radius 3 is 1.74 bits per heavy atom. The van der Waals surface area contributed by atoms with Crippen molar-refractivity contribution in [2.24, 2.45) is 5.14 Å². The maximum absolute atomic E-state index is 11.6. The lowest BCUT2D eigenvalue weighted by atomic mass is 9.88. The molecule has 0 aliphatic carbocycles. The SMILES string of the molecule is CC(C)(C)c1cc(-c2ccccc2)cc(-c2ccccc2)[n+]1CCc1ccc(S(N)(=O)=O)cc1.[O-][Cl+2]([O-])[O-]. The highest BCUT2D eigenvalue weighted by molar-refractivity contribution is 7.89. The van der Waals surface area contributed by atoms with Gasteiger partial charge >= 0.3 is 0 Å². The van der Waals surface area contributed by atoms with E-state index in [0.29, 0.717) is 0 Å². The molecule has 0 atom stereocenters. The highest BCUT2D eigenvalue weighted by Gasteiger charge is 2.29. The predicted octanol–water partition coefficient (Wildman–Crippen LogP) is 1.93. The number of sulfonamides is 1. The summed E-state index contributed by atoms with van der Waals surface area (Å²) in [6.45, 7) is 7.48. The largest absolute Gasteiger partial charge is 0.357 e. The van der Waals surface area contributed by atoms with Crippen LogP contribution in [0, 0.1) is 10.8 Å². The minimum absolute atomic E-state index is 0.0776. The second-order valence-corrected chi connectivity index (χ2v) is 11.7. The summed E-state index contributed by atoms with van der Waals surface area (Å²) in [5.41, 5.74) is 6.93. The Morgan fingerprint density at radius 2 is 1.26 bits per heavy atom. The minimum atomic E-state index is -3.69. The molecular weight excluding hydrogens is 524 g/mol. The van der Waals surface area contributed by atoms with E-state index in [0.717, 1.165) is 29.8 Å². The summed E-state index contributed by atoms with van der Waals surface area (Å²) in [6, 6.07) is 32.3. The van der Waals surface area contributed by atoms with Gasteiger partial charge in [0, 0.05) is 29.5 Å². The zero-order valence-electron chi connectivity index (χ0n) is 21.5. The number of nitrogens with two attached hydrogens (primary N) is 1. The molecule has 0 radical (unpaired) electrons. The van der Waals surface area contributed by atoms with Gasteiger partial charge in [-0.1, -0.05) is 81.4 Å². The van der Waals surface area contributed by atoms with Crippen molar-refractivity contribution in [2.45, 2.75) is 44.0 Å². The Morgan fingerprint density at radius 1 is 0.763 bits per heavy atom. The third kappa shape index (κ3) is 8.19. The van der Waals surface area contributed by atoms with Gasteiger partial charge < -0.3 is 14.0 Å². The van der Waals surface area contributed by atoms with E-state index in [9.17, 15) is 8.42 Å². The Hall–Kier alpha value is -3.11. The molecule has 0 spiro atoms. The lowest BCUT2D eigenvalue weighted by Gasteiger charge is -2.21. The molecule has 1 heterocycles. The van der Waals surface area contributed by atoms with Crippen LogP contribution < -0.4 is 23.7 Å². The van der Waals surface area contributed by atoms with Crippen LogP contribution in [0.4, 0.5) is 0 Å². The number of benzene rings is 3. The smallest absolute Gasteiger partial charge is 0.238 e. The fourth-order valence-electron chi connectivity index (χ4n) is 4.22. The summed E-state index contributed by atoms with van der Waals surface area (Å²) >= 11 is 0. The highest BCUT2D eigenvalue weighted by Crippen LogP contribution is 2.30. The first kappa shape index (κ1) is 29.4. The second kappa shape index (κ2) is 12.6. The first-order chi connectivity index (χ1) is 17.9. The molecule has 200 valence electrons. The molecule has 4 aromatic rings. The molecule has 0 unspecified atom stereocenters. The Balaban J connectivity index is 0.000000934. The number of aromatic nitrogens is 1. The van der Waals surface area contributed by atoms with E-state index in [-0.39, 0.29) is 10.3 Å². The van der Waals surface area contributed by atoms with Crippen molar-refractivity contribution in [1.29, 1.82) is 0 Å². The van der Waals surface area contributed by atoms with Crippen LogP contribution in [-0.2, 0) is 28.4 Å². The van der Waals surface area contributed by atoms with Crippen LogP contribution in [0.5, 0.6) is 0 Å². The van der Waals surface area contributed by atoms with Crippen molar-refractivity contribution in [3.8, 4) is 22.4 Å². The van der Waals surface area contributed by atoms with Crippen molar-refractivity contribution in [2.75, 3.05) is 0 Å². The van der Waals surface area contributed by atoms with Crippen LogP contribution in [0.25, 0.3) is 22.4 Å². The normalized spacial score (nSPS) is 11.7. The van der Waals surface area contributed by atoms with Gasteiger partial charge in [0.05, 0.1) is 15.7 Å². The Kier molecular flexibility index (Phi) is 9.78. The molecule has 2 N–H and O–H groups in total. The number of rotatable bonds is 6. The summed E-state index contributed by atoms with van der Waals surface area (Å²) < 4.78 is 50.8. The molecule has 3 aromatic carbocycles. The van der Waals surface area contributed by atoms with Gasteiger partial charge in [0.2, 0.25) is 15.7 Å². The lowest BCUT2D eigenvalue weighted by Crippen LogP contribution is -2.46. The van der Waals surface area contributed by atoms with Gasteiger partial charge in [0.1, 0.15) is 0 Å². The fraction of sp³-hybridized carbons (Fsp3) is 0.207. The molecule has 0 bridgehead atoms. The van der Waals surface area contributed by atoms with Crippen LogP contribution in [0.15, 0.2) is 102 Å². The lowest BCUT2D eigenvalue weighted by molar-refractivity contribution is -1.73. The molecule has 0 saturated heterocycles. The zero-order valence-corrected chi connectivity index (χ0v) is 23.1. The number of primary sulfonamides is 1. The Bertz CT molecular complexity index is 1440. The first-order valence-electron chi connectivity index (χ1n) is 11.9. The molecule has 7 nitrogen and oxygen atoms in total. The standard InChI is InChI=1S/C29H31N2O2S.ClO3/c1-29(2,3)28-21-25(23-10-6-4-7-11-23)20-27(24-12-8-5-9-13-24)31(28)19-18-22-14-16-26(17-15-22)34(30,32)33;2-1(3)4/h4-17,20-21H,18-19H2,1-3H3,(H2,30,32,33);/q+1;-1. The van der Waals surface area contributed by atoms with Crippen molar-refractivity contribution in [1.82, 2.24) is 0 Å². The van der Waals surface area contributed by atoms with Gasteiger partial charge in [-0.05, 0) is 41.0 Å². The Labute approximate surface area is 227 Å². The van der Waals surface area contributed by atoms with E-state index < -0.39 is 20.8 Å². The minimum Gasteiger partial charge on any atom is -0.357 e. The maximum Gasteiger partial charge on any atom is 0.238 e. The molecule has 0 aliphatic rings. The summed E-state index contributed by atoms with van der Waals surface area (Å²) in [6.07, 6.45) is 0.767. The van der Waals surface area contributed by atoms with Gasteiger partial charge in [-0.3, -0.25) is 0 Å². The van der Waals surface area contributed by atoms with Crippen LogP contribution in [0.3, 0.4) is 0 Å². The first-order valence-corrected chi connectivity index (χ1v) is 14.4. The molecule has 0 saturated carbocycles. The van der Waals surface area contributed by atoms with Crippen LogP contribution in [0.1, 0.15) is 32.0 Å². The predicted molar refractivity (Wildman–Crippen MR) is 138 cm³/mol. The molecular formula is C29H31ClN2O5S. The summed E-state index contributed by atoms with van der Waals surface area (Å²) in [4.78, 5) is 0.136. The second-order valence-electron chi connectivity index (χ2n) is 9.78. The van der Waals surface area contributed by atoms with Crippen molar-refractivity contribution in [3.63, 3.8) is 0 Å². The number of halogens is 1. The van der Waals surface area contributed by atoms with Gasteiger partial charge in [-0.25, -0.2) is 13.6 Å². The molecule has 38 heavy (non-hydrogen) atoms. The fourth-order valence-corrected chi connectivity index (χ4v) is 4.73. The van der Waals surface area contributed by atoms with Gasteiger partial charge in [0.25, 0.3) is 0 Å². The van der Waals surface area contributed by atoms with E-state index >= 15 is 0 Å². The van der Waals surface area contributed by atoms with Crippen LogP contribution >= 0.6 is 0 Å². The number of pyridine rings is 1. The number of nitrogens with zero attached hydrogens (tertiary/aromatic N) is 1. The van der Waals surface area contributed by atoms with E-state index in [1.165, 1.54) is 16.8 Å². The average molecular weight is 555 g/mol. The molecule has 1 aromatic heterocycles. The van der Waals surface area contributed by atoms with E-state index in [1.807, 2.05) is 24.3 Å². The van der Waals surface area contributed by atoms with Crippen molar-refractivity contribution < 1.29 is 37.7 Å². The quantitative estimate of drug-likeness (QED) is 0.364. The monoisotopic (exact) mass is 554 g/mol. The number of hydrogen-bond donors (Lipinski definition) is 1. The van der Waals surface area contributed by atoms with Crippen LogP contribution in [0.2, 0.25) is 0 Å². The van der Waals surface area contributed by atoms with Crippen molar-refractivity contribution >= 4 is 10.0 Å². The van der Waals surface area contributed by atoms with E-state index in [2.05, 4.69) is 86.0 Å². The topological polar surface area (TPSA) is 133 Å². The van der Waals surface area contributed by atoms with Gasteiger partial charge in [-0.15, -0.1) is 0 Å². The van der Waals surface area contributed by atoms with Gasteiger partial charge in [-0.2, -0.15) is 4.57 Å². The third-order valence-electron chi connectivity index (χ3n) is 5.99. The van der Waals surface area contributed by atoms with Gasteiger partial charge in [0.15, 0.2) is 12.2 Å². The molecule has 0 fully saturated rings. The number of aryl methyl sites for hydroxylation is 1. The molecule has 0 aliphatic heterocycles. The van der Waals surface area contributed by atoms with E-state index in [4.69, 9.17) is 19.1 Å². The molecule has 9 heteroatoms. The average Bonchev–Trinajstić information content (AvgIpc) is 2.87. The summed E-state index contributed by atoms with van der Waals surface area (Å²) in [5, 5.41) is 5.25. The third-order valence-corrected chi connectivity index (χ3v) is 6.92. The van der Waals surface area contributed by atoms with E-state index in [1.54, 1.807) is 12.1 Å². The molecule has 0 amide bonds. The summed E-state index contributed by atoms with van der Waals surface area (Å²) in [5.74, 6) is 0. The summed E-state index contributed by atoms with van der Waals surface area (Å²) in [7, 11) is -6.54. The van der Waals surface area contributed by atoms with Crippen molar-refractivity contribution in [3.05, 3.63) is 108 Å². The van der Waals surface area contributed by atoms with Crippen LogP contribution in [-0.4, -0.2) is 8.42 Å².